The fraction of sp³-hybridized carbons (Fsp3) is 0.500. The number of aryl methyl sites for hydroxylation is 1. The van der Waals surface area contributed by atoms with E-state index in [1.807, 2.05) is 13.2 Å². The van der Waals surface area contributed by atoms with Crippen LogP contribution in [0.4, 0.5) is 0 Å². The normalized spacial score (nSPS) is 27.2. The first kappa shape index (κ1) is 21.8. The lowest BCUT2D eigenvalue weighted by Crippen LogP contribution is -2.48. The highest BCUT2D eigenvalue weighted by molar-refractivity contribution is 5.84. The second kappa shape index (κ2) is 8.51. The van der Waals surface area contributed by atoms with E-state index in [1.165, 1.54) is 35.3 Å². The SMILES string of the molecule is CO[C@H]1CN(CC2Cc3ccccc3C2C(N)=O)CC[C@@H]1n1c(C2CC2)nc2cc(C)ccc21. The van der Waals surface area contributed by atoms with Gasteiger partial charge >= 0.3 is 0 Å². The number of likely N-dealkylation sites (tertiary alicyclic amines) is 1. The highest BCUT2D eigenvalue weighted by Gasteiger charge is 2.40. The third-order valence-corrected chi connectivity index (χ3v) is 8.20. The number of methoxy groups -OCH3 is 1. The molecule has 0 bridgehead atoms. The van der Waals surface area contributed by atoms with E-state index in [9.17, 15) is 4.79 Å². The van der Waals surface area contributed by atoms with Crippen molar-refractivity contribution in [3.05, 3.63) is 65.0 Å². The van der Waals surface area contributed by atoms with Gasteiger partial charge in [-0.3, -0.25) is 4.79 Å². The van der Waals surface area contributed by atoms with Crippen molar-refractivity contribution in [3.63, 3.8) is 0 Å². The summed E-state index contributed by atoms with van der Waals surface area (Å²) in [5.74, 6) is 1.64. The Hall–Kier alpha value is -2.70. The average Bonchev–Trinajstić information content (AvgIpc) is 3.51. The fourth-order valence-corrected chi connectivity index (χ4v) is 6.43. The minimum atomic E-state index is -0.206. The summed E-state index contributed by atoms with van der Waals surface area (Å²) in [7, 11) is 1.83. The predicted molar refractivity (Wildman–Crippen MR) is 133 cm³/mol. The second-order valence-electron chi connectivity index (χ2n) is 10.5. The summed E-state index contributed by atoms with van der Waals surface area (Å²) in [6.45, 7) is 4.84. The van der Waals surface area contributed by atoms with Crippen LogP contribution in [-0.4, -0.2) is 53.2 Å². The monoisotopic (exact) mass is 458 g/mol. The van der Waals surface area contributed by atoms with E-state index in [4.69, 9.17) is 15.5 Å². The Balaban J connectivity index is 1.24. The van der Waals surface area contributed by atoms with Crippen molar-refractivity contribution in [1.29, 1.82) is 0 Å². The standard InChI is InChI=1S/C28H34N4O2/c1-17-7-10-23-22(13-17)30-28(18-8-9-18)32(23)24-11-12-31(16-25(24)34-2)15-20-14-19-5-3-4-6-21(19)26(20)27(29)33/h3-7,10,13,18,20,24-26H,8-9,11-12,14-16H2,1-2H3,(H2,29,33)/t20?,24-,25-,26?/m0/s1. The maximum Gasteiger partial charge on any atom is 0.225 e. The molecule has 1 saturated carbocycles. The number of hydrogen-bond donors (Lipinski definition) is 1. The number of amides is 1. The van der Waals surface area contributed by atoms with Crippen LogP contribution >= 0.6 is 0 Å². The van der Waals surface area contributed by atoms with Crippen LogP contribution < -0.4 is 5.73 Å². The molecule has 2 aliphatic carbocycles. The number of fused-ring (bicyclic) bond motifs is 2. The highest BCUT2D eigenvalue weighted by Crippen LogP contribution is 2.44. The number of carbonyl (C=O) groups is 1. The van der Waals surface area contributed by atoms with Gasteiger partial charge in [0.2, 0.25) is 5.91 Å². The topological polar surface area (TPSA) is 73.4 Å². The molecular formula is C28H34N4O2. The molecule has 2 heterocycles. The molecule has 6 heteroatoms. The maximum atomic E-state index is 12.4. The fourth-order valence-electron chi connectivity index (χ4n) is 6.43. The molecule has 178 valence electrons. The number of aromatic nitrogens is 2. The Bertz CT molecular complexity index is 1230. The molecule has 1 saturated heterocycles. The minimum absolute atomic E-state index is 0.0840. The molecule has 0 spiro atoms. The Morgan fingerprint density at radius 1 is 1.18 bits per heavy atom. The van der Waals surface area contributed by atoms with Crippen LogP contribution in [0.25, 0.3) is 11.0 Å². The van der Waals surface area contributed by atoms with Crippen LogP contribution in [0.2, 0.25) is 0 Å². The van der Waals surface area contributed by atoms with Gasteiger partial charge < -0.3 is 19.9 Å². The smallest absolute Gasteiger partial charge is 0.225 e. The summed E-state index contributed by atoms with van der Waals surface area (Å²) in [4.78, 5) is 19.9. The van der Waals surface area contributed by atoms with Crippen molar-refractivity contribution in [2.24, 2.45) is 11.7 Å². The number of rotatable bonds is 6. The molecule has 1 amide bonds. The van der Waals surface area contributed by atoms with Crippen LogP contribution in [0.3, 0.4) is 0 Å². The largest absolute Gasteiger partial charge is 0.378 e. The van der Waals surface area contributed by atoms with E-state index in [-0.39, 0.29) is 29.9 Å². The van der Waals surface area contributed by atoms with Gasteiger partial charge in [0.05, 0.1) is 29.1 Å². The molecule has 2 fully saturated rings. The van der Waals surface area contributed by atoms with E-state index in [2.05, 4.69) is 52.8 Å². The van der Waals surface area contributed by atoms with Gasteiger partial charge in [-0.1, -0.05) is 30.3 Å². The zero-order chi connectivity index (χ0) is 23.4. The molecule has 2 unspecified atom stereocenters. The van der Waals surface area contributed by atoms with Gasteiger partial charge in [0, 0.05) is 32.7 Å². The number of benzene rings is 2. The summed E-state index contributed by atoms with van der Waals surface area (Å²) in [5, 5.41) is 0. The van der Waals surface area contributed by atoms with Crippen molar-refractivity contribution in [3.8, 4) is 0 Å². The van der Waals surface area contributed by atoms with E-state index in [1.54, 1.807) is 0 Å². The summed E-state index contributed by atoms with van der Waals surface area (Å²) >= 11 is 0. The molecule has 2 N–H and O–H groups in total. The van der Waals surface area contributed by atoms with Crippen molar-refractivity contribution in [2.45, 2.75) is 56.6 Å². The lowest BCUT2D eigenvalue weighted by molar-refractivity contribution is -0.120. The third-order valence-electron chi connectivity index (χ3n) is 8.20. The number of nitrogens with zero attached hydrogens (tertiary/aromatic N) is 3. The van der Waals surface area contributed by atoms with Crippen LogP contribution in [0.1, 0.15) is 59.7 Å². The Kier molecular flexibility index (Phi) is 5.46. The van der Waals surface area contributed by atoms with Crippen molar-refractivity contribution in [1.82, 2.24) is 14.5 Å². The summed E-state index contributed by atoms with van der Waals surface area (Å²) in [5.41, 5.74) is 11.8. The molecule has 6 rings (SSSR count). The Morgan fingerprint density at radius 3 is 2.76 bits per heavy atom. The van der Waals surface area contributed by atoms with Crippen molar-refractivity contribution < 1.29 is 9.53 Å². The molecule has 4 atom stereocenters. The molecule has 1 aromatic heterocycles. The van der Waals surface area contributed by atoms with Gasteiger partial charge in [-0.2, -0.15) is 0 Å². The van der Waals surface area contributed by atoms with Crippen LogP contribution in [0.15, 0.2) is 42.5 Å². The summed E-state index contributed by atoms with van der Waals surface area (Å²) in [6.07, 6.45) is 4.48. The lowest BCUT2D eigenvalue weighted by Gasteiger charge is -2.40. The molecule has 2 aromatic carbocycles. The molecule has 6 nitrogen and oxygen atoms in total. The number of nitrogens with two attached hydrogens (primary N) is 1. The number of carbonyl (C=O) groups excluding carboxylic acids is 1. The van der Waals surface area contributed by atoms with Gasteiger partial charge in [0.25, 0.3) is 0 Å². The molecule has 3 aromatic rings. The van der Waals surface area contributed by atoms with E-state index in [0.717, 1.165) is 43.6 Å². The van der Waals surface area contributed by atoms with Gasteiger partial charge in [0.15, 0.2) is 0 Å². The highest BCUT2D eigenvalue weighted by atomic mass is 16.5. The zero-order valence-corrected chi connectivity index (χ0v) is 20.1. The molecular weight excluding hydrogens is 424 g/mol. The first-order valence-electron chi connectivity index (χ1n) is 12.6. The van der Waals surface area contributed by atoms with Crippen LogP contribution in [0, 0.1) is 12.8 Å². The summed E-state index contributed by atoms with van der Waals surface area (Å²) < 4.78 is 8.60. The molecule has 1 aliphatic heterocycles. The third kappa shape index (κ3) is 3.73. The van der Waals surface area contributed by atoms with Gasteiger partial charge in [-0.25, -0.2) is 4.98 Å². The Labute approximate surface area is 201 Å². The van der Waals surface area contributed by atoms with Gasteiger partial charge in [-0.15, -0.1) is 0 Å². The lowest BCUT2D eigenvalue weighted by atomic mass is 9.90. The zero-order valence-electron chi connectivity index (χ0n) is 20.1. The second-order valence-corrected chi connectivity index (χ2v) is 10.5. The van der Waals surface area contributed by atoms with Gasteiger partial charge in [-0.05, 0) is 67.3 Å². The molecule has 34 heavy (non-hydrogen) atoms. The molecule has 0 radical (unpaired) electrons. The number of primary amides is 1. The van der Waals surface area contributed by atoms with Crippen LogP contribution in [0.5, 0.6) is 0 Å². The van der Waals surface area contributed by atoms with Crippen molar-refractivity contribution in [2.75, 3.05) is 26.7 Å². The average molecular weight is 459 g/mol. The number of imidazole rings is 1. The maximum absolute atomic E-state index is 12.4. The van der Waals surface area contributed by atoms with E-state index >= 15 is 0 Å². The van der Waals surface area contributed by atoms with Gasteiger partial charge in [0.1, 0.15) is 5.82 Å². The first-order valence-corrected chi connectivity index (χ1v) is 12.6. The van der Waals surface area contributed by atoms with Crippen molar-refractivity contribution >= 4 is 16.9 Å². The van der Waals surface area contributed by atoms with Crippen LogP contribution in [-0.2, 0) is 16.0 Å². The number of hydrogen-bond acceptors (Lipinski definition) is 4. The van der Waals surface area contributed by atoms with E-state index < -0.39 is 0 Å². The van der Waals surface area contributed by atoms with E-state index in [0.29, 0.717) is 5.92 Å². The quantitative estimate of drug-likeness (QED) is 0.608. The number of piperidine rings is 1. The first-order chi connectivity index (χ1) is 16.5. The summed E-state index contributed by atoms with van der Waals surface area (Å²) in [6, 6.07) is 15.2. The Morgan fingerprint density at radius 2 is 2.00 bits per heavy atom. The molecule has 3 aliphatic rings. The number of ether oxygens (including phenoxy) is 1. The minimum Gasteiger partial charge on any atom is -0.378 e. The predicted octanol–water partition coefficient (Wildman–Crippen LogP) is 3.93.